The first kappa shape index (κ1) is 12.8. The molecule has 0 N–H and O–H groups in total. The van der Waals surface area contributed by atoms with Gasteiger partial charge in [-0.05, 0) is 31.4 Å². The molecule has 1 aromatic heterocycles. The summed E-state index contributed by atoms with van der Waals surface area (Å²) in [5.74, 6) is 1.53. The zero-order valence-corrected chi connectivity index (χ0v) is 11.5. The molecule has 1 amide bonds. The number of hydrogen-bond donors (Lipinski definition) is 0. The normalized spacial score (nSPS) is 16.8. The van der Waals surface area contributed by atoms with E-state index in [-0.39, 0.29) is 5.91 Å². The summed E-state index contributed by atoms with van der Waals surface area (Å²) in [5, 5.41) is 0. The highest BCUT2D eigenvalue weighted by Gasteiger charge is 2.37. The molecule has 0 saturated carbocycles. The number of rotatable bonds is 5. The van der Waals surface area contributed by atoms with Crippen molar-refractivity contribution in [3.8, 4) is 0 Å². The number of anilines is 1. The number of pyridine rings is 1. The molecule has 5 nitrogen and oxygen atoms in total. The van der Waals surface area contributed by atoms with Gasteiger partial charge in [-0.15, -0.1) is 6.58 Å². The van der Waals surface area contributed by atoms with E-state index in [0.29, 0.717) is 18.7 Å². The Morgan fingerprint density at radius 1 is 1.40 bits per heavy atom. The number of allylic oxidation sites excluding steroid dienone is 1. The van der Waals surface area contributed by atoms with Gasteiger partial charge in [0.1, 0.15) is 5.82 Å². The standard InChI is InChI=1S/C15H18N4O/c1-2-3-4-5-10-18-13-12(7-6-8-16-13)14(20)19-11-9-17-15(18)19/h2,6-8H,1,3-5,9-11H2. The van der Waals surface area contributed by atoms with Crippen LogP contribution in [0.3, 0.4) is 0 Å². The number of nitrogens with zero attached hydrogens (tertiary/aromatic N) is 4. The fourth-order valence-electron chi connectivity index (χ4n) is 2.64. The third kappa shape index (κ3) is 2.09. The van der Waals surface area contributed by atoms with Crippen molar-refractivity contribution in [2.75, 3.05) is 24.5 Å². The number of guanidine groups is 1. The third-order valence-electron chi connectivity index (χ3n) is 3.62. The minimum atomic E-state index is 0.0201. The molecule has 0 fully saturated rings. The molecule has 0 aliphatic carbocycles. The Bertz CT molecular complexity index is 567. The lowest BCUT2D eigenvalue weighted by molar-refractivity contribution is 0.0851. The summed E-state index contributed by atoms with van der Waals surface area (Å²) in [6.07, 6.45) is 6.80. The average Bonchev–Trinajstić information content (AvgIpc) is 2.96. The topological polar surface area (TPSA) is 48.8 Å². The summed E-state index contributed by atoms with van der Waals surface area (Å²) in [7, 11) is 0. The number of aliphatic imine (C=N–C) groups is 1. The lowest BCUT2D eigenvalue weighted by atomic mass is 10.1. The third-order valence-corrected chi connectivity index (χ3v) is 3.62. The molecule has 0 aromatic carbocycles. The van der Waals surface area contributed by atoms with Crippen LogP contribution < -0.4 is 4.90 Å². The van der Waals surface area contributed by atoms with E-state index >= 15 is 0 Å². The van der Waals surface area contributed by atoms with Crippen LogP contribution in [-0.2, 0) is 0 Å². The molecule has 2 aliphatic rings. The van der Waals surface area contributed by atoms with Gasteiger partial charge in [0, 0.05) is 19.3 Å². The molecule has 0 atom stereocenters. The van der Waals surface area contributed by atoms with Gasteiger partial charge in [-0.1, -0.05) is 6.08 Å². The SMILES string of the molecule is C=CCCCCN1C2=NCCN2C(=O)c2cccnc21. The molecule has 0 radical (unpaired) electrons. The highest BCUT2D eigenvalue weighted by atomic mass is 16.2. The van der Waals surface area contributed by atoms with Crippen LogP contribution in [0.1, 0.15) is 29.6 Å². The van der Waals surface area contributed by atoms with Crippen LogP contribution in [0.15, 0.2) is 36.0 Å². The molecule has 104 valence electrons. The van der Waals surface area contributed by atoms with Crippen molar-refractivity contribution in [2.45, 2.75) is 19.3 Å². The fourth-order valence-corrected chi connectivity index (χ4v) is 2.64. The van der Waals surface area contributed by atoms with Crippen molar-refractivity contribution in [3.05, 3.63) is 36.5 Å². The maximum atomic E-state index is 12.4. The largest absolute Gasteiger partial charge is 0.296 e. The van der Waals surface area contributed by atoms with Crippen molar-refractivity contribution >= 4 is 17.7 Å². The molecule has 3 rings (SSSR count). The zero-order valence-electron chi connectivity index (χ0n) is 11.5. The van der Waals surface area contributed by atoms with E-state index in [1.165, 1.54) is 0 Å². The first-order chi connectivity index (χ1) is 9.83. The van der Waals surface area contributed by atoms with Crippen LogP contribution in [0.25, 0.3) is 0 Å². The van der Waals surface area contributed by atoms with Gasteiger partial charge < -0.3 is 0 Å². The predicted octanol–water partition coefficient (Wildman–Crippen LogP) is 2.07. The van der Waals surface area contributed by atoms with E-state index in [4.69, 9.17) is 0 Å². The van der Waals surface area contributed by atoms with Gasteiger partial charge in [0.05, 0.1) is 12.1 Å². The maximum Gasteiger partial charge on any atom is 0.264 e. The number of aromatic nitrogens is 1. The molecular weight excluding hydrogens is 252 g/mol. The summed E-state index contributed by atoms with van der Waals surface area (Å²) < 4.78 is 0. The molecule has 0 saturated heterocycles. The van der Waals surface area contributed by atoms with Crippen LogP contribution >= 0.6 is 0 Å². The molecule has 2 aliphatic heterocycles. The number of carbonyl (C=O) groups excluding carboxylic acids is 1. The second-order valence-electron chi connectivity index (χ2n) is 4.95. The van der Waals surface area contributed by atoms with Gasteiger partial charge in [0.15, 0.2) is 0 Å². The van der Waals surface area contributed by atoms with Crippen LogP contribution in [0, 0.1) is 0 Å². The second-order valence-corrected chi connectivity index (χ2v) is 4.95. The summed E-state index contributed by atoms with van der Waals surface area (Å²) in [4.78, 5) is 25.1. The molecule has 0 unspecified atom stereocenters. The van der Waals surface area contributed by atoms with E-state index < -0.39 is 0 Å². The maximum absolute atomic E-state index is 12.4. The number of fused-ring (bicyclic) bond motifs is 2. The van der Waals surface area contributed by atoms with E-state index in [1.54, 1.807) is 11.1 Å². The van der Waals surface area contributed by atoms with Gasteiger partial charge in [-0.25, -0.2) is 4.98 Å². The molecule has 5 heteroatoms. The van der Waals surface area contributed by atoms with Gasteiger partial charge >= 0.3 is 0 Å². The van der Waals surface area contributed by atoms with Crippen LogP contribution in [-0.4, -0.2) is 41.4 Å². The minimum Gasteiger partial charge on any atom is -0.296 e. The Kier molecular flexibility index (Phi) is 3.50. The average molecular weight is 270 g/mol. The van der Waals surface area contributed by atoms with Gasteiger partial charge in [0.25, 0.3) is 5.91 Å². The molecule has 1 aromatic rings. The fraction of sp³-hybridized carbons (Fsp3) is 0.400. The number of carbonyl (C=O) groups is 1. The van der Waals surface area contributed by atoms with Crippen molar-refractivity contribution in [3.63, 3.8) is 0 Å². The Hall–Kier alpha value is -2.17. The molecule has 3 heterocycles. The monoisotopic (exact) mass is 270 g/mol. The highest BCUT2D eigenvalue weighted by molar-refractivity contribution is 6.18. The number of amides is 1. The first-order valence-electron chi connectivity index (χ1n) is 7.02. The summed E-state index contributed by atoms with van der Waals surface area (Å²) in [6, 6.07) is 3.65. The van der Waals surface area contributed by atoms with E-state index in [2.05, 4.69) is 21.5 Å². The molecular formula is C15H18N4O. The first-order valence-corrected chi connectivity index (χ1v) is 7.02. The second kappa shape index (κ2) is 5.45. The van der Waals surface area contributed by atoms with Gasteiger partial charge in [0.2, 0.25) is 5.96 Å². The van der Waals surface area contributed by atoms with E-state index in [1.807, 2.05) is 18.2 Å². The van der Waals surface area contributed by atoms with Crippen molar-refractivity contribution in [2.24, 2.45) is 4.99 Å². The number of hydrogen-bond acceptors (Lipinski definition) is 4. The van der Waals surface area contributed by atoms with Crippen molar-refractivity contribution in [1.82, 2.24) is 9.88 Å². The van der Waals surface area contributed by atoms with Crippen LogP contribution in [0.4, 0.5) is 5.82 Å². The number of unbranched alkanes of at least 4 members (excludes halogenated alkanes) is 2. The van der Waals surface area contributed by atoms with Gasteiger partial charge in [-0.2, -0.15) is 0 Å². The van der Waals surface area contributed by atoms with E-state index in [9.17, 15) is 4.79 Å². The Balaban J connectivity index is 1.88. The highest BCUT2D eigenvalue weighted by Crippen LogP contribution is 2.28. The quantitative estimate of drug-likeness (QED) is 0.608. The Morgan fingerprint density at radius 2 is 2.30 bits per heavy atom. The summed E-state index contributed by atoms with van der Waals surface area (Å²) in [5.41, 5.74) is 0.678. The zero-order chi connectivity index (χ0) is 13.9. The molecule has 0 bridgehead atoms. The van der Waals surface area contributed by atoms with Crippen molar-refractivity contribution in [1.29, 1.82) is 0 Å². The van der Waals surface area contributed by atoms with Crippen LogP contribution in [0.5, 0.6) is 0 Å². The lowest BCUT2D eigenvalue weighted by Gasteiger charge is -2.34. The van der Waals surface area contributed by atoms with Crippen molar-refractivity contribution < 1.29 is 4.79 Å². The lowest BCUT2D eigenvalue weighted by Crippen LogP contribution is -2.50. The minimum absolute atomic E-state index is 0.0201. The smallest absolute Gasteiger partial charge is 0.264 e. The summed E-state index contributed by atoms with van der Waals surface area (Å²) >= 11 is 0. The molecule has 0 spiro atoms. The summed E-state index contributed by atoms with van der Waals surface area (Å²) in [6.45, 7) is 5.93. The predicted molar refractivity (Wildman–Crippen MR) is 79.0 cm³/mol. The Morgan fingerprint density at radius 3 is 3.15 bits per heavy atom. The van der Waals surface area contributed by atoms with Gasteiger partial charge in [-0.3, -0.25) is 19.6 Å². The Labute approximate surface area is 118 Å². The van der Waals surface area contributed by atoms with Crippen LogP contribution in [0.2, 0.25) is 0 Å². The van der Waals surface area contributed by atoms with E-state index in [0.717, 1.165) is 37.6 Å². The molecule has 20 heavy (non-hydrogen) atoms.